The Balaban J connectivity index is 1.64. The van der Waals surface area contributed by atoms with Crippen molar-refractivity contribution in [1.82, 2.24) is 10.8 Å². The average Bonchev–Trinajstić information content (AvgIpc) is 2.63. The molecule has 0 bridgehead atoms. The van der Waals surface area contributed by atoms with Crippen molar-refractivity contribution in [2.45, 2.75) is 32.1 Å². The van der Waals surface area contributed by atoms with Crippen LogP contribution in [-0.4, -0.2) is 24.3 Å². The molecule has 0 saturated carbocycles. The van der Waals surface area contributed by atoms with Gasteiger partial charge in [0.1, 0.15) is 0 Å². The van der Waals surface area contributed by atoms with Gasteiger partial charge in [0, 0.05) is 24.5 Å². The SMILES string of the molecule is O=C(NC1=CC=C(NO)CC1)Nc1ccccc1N1CCCCC1. The van der Waals surface area contributed by atoms with E-state index in [9.17, 15) is 4.79 Å². The first-order valence-corrected chi connectivity index (χ1v) is 8.48. The molecule has 0 atom stereocenters. The van der Waals surface area contributed by atoms with E-state index in [2.05, 4.69) is 27.1 Å². The average molecular weight is 328 g/mol. The number of para-hydroxylation sites is 2. The van der Waals surface area contributed by atoms with Gasteiger partial charge in [0.2, 0.25) is 0 Å². The number of nitrogens with one attached hydrogen (secondary N) is 3. The molecule has 6 heteroatoms. The zero-order valence-electron chi connectivity index (χ0n) is 13.7. The van der Waals surface area contributed by atoms with Gasteiger partial charge in [-0.2, -0.15) is 0 Å². The van der Waals surface area contributed by atoms with Crippen molar-refractivity contribution in [1.29, 1.82) is 0 Å². The summed E-state index contributed by atoms with van der Waals surface area (Å²) < 4.78 is 0. The molecule has 0 radical (unpaired) electrons. The van der Waals surface area contributed by atoms with Gasteiger partial charge in [-0.25, -0.2) is 4.79 Å². The molecule has 2 amide bonds. The van der Waals surface area contributed by atoms with Crippen molar-refractivity contribution in [3.05, 3.63) is 47.8 Å². The van der Waals surface area contributed by atoms with E-state index in [1.807, 2.05) is 18.2 Å². The molecule has 0 unspecified atom stereocenters. The van der Waals surface area contributed by atoms with Crippen LogP contribution in [0.25, 0.3) is 0 Å². The third kappa shape index (κ3) is 4.08. The minimum Gasteiger partial charge on any atom is -0.370 e. The highest BCUT2D eigenvalue weighted by Crippen LogP contribution is 2.28. The minimum atomic E-state index is -0.237. The lowest BCUT2D eigenvalue weighted by Crippen LogP contribution is -2.32. The maximum Gasteiger partial charge on any atom is 0.323 e. The third-order valence-corrected chi connectivity index (χ3v) is 4.42. The first kappa shape index (κ1) is 16.4. The van der Waals surface area contributed by atoms with Crippen molar-refractivity contribution in [3.63, 3.8) is 0 Å². The highest BCUT2D eigenvalue weighted by atomic mass is 16.5. The number of amides is 2. The third-order valence-electron chi connectivity index (χ3n) is 4.42. The van der Waals surface area contributed by atoms with Crippen LogP contribution in [0.15, 0.2) is 47.8 Å². The molecule has 1 aliphatic heterocycles. The van der Waals surface area contributed by atoms with Gasteiger partial charge in [-0.3, -0.25) is 10.7 Å². The largest absolute Gasteiger partial charge is 0.370 e. The van der Waals surface area contributed by atoms with Crippen LogP contribution in [-0.2, 0) is 0 Å². The van der Waals surface area contributed by atoms with E-state index in [1.54, 1.807) is 12.2 Å². The molecule has 1 aromatic carbocycles. The Kier molecular flexibility index (Phi) is 5.38. The minimum absolute atomic E-state index is 0.237. The quantitative estimate of drug-likeness (QED) is 0.639. The lowest BCUT2D eigenvalue weighted by atomic mass is 10.1. The first-order valence-electron chi connectivity index (χ1n) is 8.48. The summed E-state index contributed by atoms with van der Waals surface area (Å²) in [7, 11) is 0. The molecular formula is C18H24N4O2. The van der Waals surface area contributed by atoms with Gasteiger partial charge in [0.15, 0.2) is 0 Å². The molecule has 1 aromatic rings. The van der Waals surface area contributed by atoms with Crippen LogP contribution in [0, 0.1) is 0 Å². The number of anilines is 2. The Bertz CT molecular complexity index is 648. The molecule has 24 heavy (non-hydrogen) atoms. The molecule has 1 fully saturated rings. The fraction of sp³-hybridized carbons (Fsp3) is 0.389. The summed E-state index contributed by atoms with van der Waals surface area (Å²) in [5, 5.41) is 14.7. The second-order valence-corrected chi connectivity index (χ2v) is 6.14. The van der Waals surface area contributed by atoms with E-state index in [0.717, 1.165) is 35.9 Å². The molecule has 0 spiro atoms. The van der Waals surface area contributed by atoms with E-state index < -0.39 is 0 Å². The predicted molar refractivity (Wildman–Crippen MR) is 95.0 cm³/mol. The van der Waals surface area contributed by atoms with Crippen molar-refractivity contribution >= 4 is 17.4 Å². The number of nitrogens with zero attached hydrogens (tertiary/aromatic N) is 1. The van der Waals surface area contributed by atoms with Gasteiger partial charge in [0.25, 0.3) is 0 Å². The number of hydrogen-bond donors (Lipinski definition) is 4. The first-order chi connectivity index (χ1) is 11.8. The number of carbonyl (C=O) groups is 1. The van der Waals surface area contributed by atoms with Crippen LogP contribution in [0.3, 0.4) is 0 Å². The number of urea groups is 1. The van der Waals surface area contributed by atoms with Gasteiger partial charge < -0.3 is 15.5 Å². The Morgan fingerprint density at radius 1 is 0.958 bits per heavy atom. The molecule has 2 aliphatic rings. The summed E-state index contributed by atoms with van der Waals surface area (Å²) in [5.41, 5.74) is 5.64. The fourth-order valence-electron chi connectivity index (χ4n) is 3.12. The van der Waals surface area contributed by atoms with E-state index in [-0.39, 0.29) is 6.03 Å². The Labute approximate surface area is 142 Å². The summed E-state index contributed by atoms with van der Waals surface area (Å²) in [6.07, 6.45) is 8.59. The number of hydroxylamine groups is 1. The Morgan fingerprint density at radius 3 is 2.38 bits per heavy atom. The van der Waals surface area contributed by atoms with E-state index in [1.165, 1.54) is 19.3 Å². The van der Waals surface area contributed by atoms with Crippen molar-refractivity contribution in [3.8, 4) is 0 Å². The number of rotatable bonds is 4. The Hall–Kier alpha value is -2.47. The molecule has 1 heterocycles. The van der Waals surface area contributed by atoms with E-state index >= 15 is 0 Å². The number of allylic oxidation sites excluding steroid dienone is 4. The maximum atomic E-state index is 12.3. The second kappa shape index (κ2) is 7.88. The Morgan fingerprint density at radius 2 is 1.67 bits per heavy atom. The predicted octanol–water partition coefficient (Wildman–Crippen LogP) is 3.34. The van der Waals surface area contributed by atoms with Gasteiger partial charge in [-0.1, -0.05) is 12.1 Å². The lowest BCUT2D eigenvalue weighted by molar-refractivity contribution is 0.195. The van der Waals surface area contributed by atoms with Crippen molar-refractivity contribution in [2.24, 2.45) is 0 Å². The van der Waals surface area contributed by atoms with Crippen molar-refractivity contribution < 1.29 is 10.0 Å². The molecule has 128 valence electrons. The summed E-state index contributed by atoms with van der Waals surface area (Å²) >= 11 is 0. The van der Waals surface area contributed by atoms with Crippen LogP contribution in [0.5, 0.6) is 0 Å². The monoisotopic (exact) mass is 328 g/mol. The zero-order chi connectivity index (χ0) is 16.8. The zero-order valence-corrected chi connectivity index (χ0v) is 13.7. The standard InChI is InChI=1S/C18H24N4O2/c23-18(19-14-8-10-15(21-24)11-9-14)20-16-6-2-3-7-17(16)22-12-4-1-5-13-22/h2-3,6-8,10,21,24H,1,4-5,9,11-13H2,(H2,19,20,23). The molecular weight excluding hydrogens is 304 g/mol. The molecule has 1 aliphatic carbocycles. The van der Waals surface area contributed by atoms with Crippen LogP contribution in [0.4, 0.5) is 16.2 Å². The van der Waals surface area contributed by atoms with Crippen molar-refractivity contribution in [2.75, 3.05) is 23.3 Å². The fourth-order valence-corrected chi connectivity index (χ4v) is 3.12. The highest BCUT2D eigenvalue weighted by Gasteiger charge is 2.16. The van der Waals surface area contributed by atoms with Crippen LogP contribution in [0.2, 0.25) is 0 Å². The van der Waals surface area contributed by atoms with Crippen LogP contribution >= 0.6 is 0 Å². The molecule has 6 nitrogen and oxygen atoms in total. The molecule has 1 saturated heterocycles. The van der Waals surface area contributed by atoms with E-state index in [4.69, 9.17) is 5.21 Å². The van der Waals surface area contributed by atoms with Crippen LogP contribution < -0.4 is 21.0 Å². The summed E-state index contributed by atoms with van der Waals surface area (Å²) in [6.45, 7) is 2.07. The number of benzene rings is 1. The number of piperidine rings is 1. The summed E-state index contributed by atoms with van der Waals surface area (Å²) in [5.74, 6) is 0. The van der Waals surface area contributed by atoms with Gasteiger partial charge in [-0.15, -0.1) is 0 Å². The maximum absolute atomic E-state index is 12.3. The number of hydrogen-bond acceptors (Lipinski definition) is 4. The normalized spacial score (nSPS) is 17.6. The molecule has 3 rings (SSSR count). The smallest absolute Gasteiger partial charge is 0.323 e. The highest BCUT2D eigenvalue weighted by molar-refractivity contribution is 5.94. The van der Waals surface area contributed by atoms with Gasteiger partial charge >= 0.3 is 6.03 Å². The second-order valence-electron chi connectivity index (χ2n) is 6.14. The van der Waals surface area contributed by atoms with Crippen LogP contribution in [0.1, 0.15) is 32.1 Å². The van der Waals surface area contributed by atoms with E-state index in [0.29, 0.717) is 12.8 Å². The number of carbonyl (C=O) groups excluding carboxylic acids is 1. The van der Waals surface area contributed by atoms with Gasteiger partial charge in [0.05, 0.1) is 11.4 Å². The topological polar surface area (TPSA) is 76.6 Å². The molecule has 4 N–H and O–H groups in total. The lowest BCUT2D eigenvalue weighted by Gasteiger charge is -2.30. The molecule has 0 aromatic heterocycles. The van der Waals surface area contributed by atoms with Gasteiger partial charge in [-0.05, 0) is 56.4 Å². The summed E-state index contributed by atoms with van der Waals surface area (Å²) in [4.78, 5) is 14.6. The summed E-state index contributed by atoms with van der Waals surface area (Å²) in [6, 6.07) is 7.70.